The van der Waals surface area contributed by atoms with Crippen LogP contribution in [0.25, 0.3) is 11.0 Å². The molecule has 1 aromatic heterocycles. The van der Waals surface area contributed by atoms with Crippen LogP contribution in [0.15, 0.2) is 34.7 Å². The monoisotopic (exact) mass is 301 g/mol. The van der Waals surface area contributed by atoms with Gasteiger partial charge in [0.1, 0.15) is 5.58 Å². The summed E-state index contributed by atoms with van der Waals surface area (Å²) in [4.78, 5) is 14.7. The molecule has 0 radical (unpaired) electrons. The second-order valence-electron chi connectivity index (χ2n) is 6.48. The van der Waals surface area contributed by atoms with Gasteiger partial charge in [0, 0.05) is 31.0 Å². The van der Waals surface area contributed by atoms with Crippen molar-refractivity contribution < 1.29 is 13.9 Å². The summed E-state index contributed by atoms with van der Waals surface area (Å²) in [5, 5.41) is 0.972. The highest BCUT2D eigenvalue weighted by Gasteiger charge is 2.25. The summed E-state index contributed by atoms with van der Waals surface area (Å²) in [5.74, 6) is 1.28. The van der Waals surface area contributed by atoms with Crippen LogP contribution >= 0.6 is 0 Å². The second-order valence-corrected chi connectivity index (χ2v) is 6.48. The summed E-state index contributed by atoms with van der Waals surface area (Å²) in [6, 6.07) is 9.57. The molecule has 1 amide bonds. The van der Waals surface area contributed by atoms with Crippen LogP contribution in [0.1, 0.15) is 30.8 Å². The van der Waals surface area contributed by atoms with E-state index in [4.69, 9.17) is 9.15 Å². The molecule has 2 heterocycles. The molecule has 0 spiro atoms. The van der Waals surface area contributed by atoms with E-state index in [2.05, 4.69) is 13.8 Å². The zero-order chi connectivity index (χ0) is 15.5. The van der Waals surface area contributed by atoms with E-state index in [0.29, 0.717) is 17.6 Å². The minimum absolute atomic E-state index is 0.0169. The third-order valence-corrected chi connectivity index (χ3v) is 4.01. The molecule has 4 heteroatoms. The molecule has 0 aliphatic carbocycles. The highest BCUT2D eigenvalue weighted by atomic mass is 16.5. The summed E-state index contributed by atoms with van der Waals surface area (Å²) in [6.07, 6.45) is 1.03. The number of benzene rings is 1. The fraction of sp³-hybridized carbons (Fsp3) is 0.500. The molecule has 1 aliphatic rings. The Kier molecular flexibility index (Phi) is 4.48. The number of carbonyl (C=O) groups excluding carboxylic acids is 1. The summed E-state index contributed by atoms with van der Waals surface area (Å²) in [6.45, 7) is 7.30. The summed E-state index contributed by atoms with van der Waals surface area (Å²) < 4.78 is 11.2. The van der Waals surface area contributed by atoms with E-state index in [1.165, 1.54) is 0 Å². The van der Waals surface area contributed by atoms with E-state index in [0.717, 1.165) is 43.7 Å². The number of rotatable bonds is 5. The van der Waals surface area contributed by atoms with Crippen molar-refractivity contribution in [3.63, 3.8) is 0 Å². The van der Waals surface area contributed by atoms with E-state index in [1.807, 2.05) is 35.2 Å². The SMILES string of the molecule is CC(C)CN(C[C@H]1CCOC1)C(=O)c1cc2ccccc2o1. The average Bonchev–Trinajstić information content (AvgIpc) is 3.14. The molecule has 1 aliphatic heterocycles. The smallest absolute Gasteiger partial charge is 0.289 e. The largest absolute Gasteiger partial charge is 0.451 e. The molecule has 0 unspecified atom stereocenters. The lowest BCUT2D eigenvalue weighted by Gasteiger charge is -2.26. The van der Waals surface area contributed by atoms with Crippen molar-refractivity contribution in [1.82, 2.24) is 4.90 Å². The maximum Gasteiger partial charge on any atom is 0.289 e. The average molecular weight is 301 g/mol. The topological polar surface area (TPSA) is 42.7 Å². The normalized spacial score (nSPS) is 18.2. The minimum atomic E-state index is -0.0169. The van der Waals surface area contributed by atoms with Crippen LogP contribution in [0.4, 0.5) is 0 Å². The number of amides is 1. The number of hydrogen-bond acceptors (Lipinski definition) is 3. The first-order chi connectivity index (χ1) is 10.6. The van der Waals surface area contributed by atoms with Gasteiger partial charge in [0.2, 0.25) is 0 Å². The van der Waals surface area contributed by atoms with Crippen LogP contribution in [0.3, 0.4) is 0 Å². The van der Waals surface area contributed by atoms with Crippen LogP contribution < -0.4 is 0 Å². The molecule has 1 atom stereocenters. The third kappa shape index (κ3) is 3.33. The van der Waals surface area contributed by atoms with Crippen LogP contribution in [-0.2, 0) is 4.74 Å². The second kappa shape index (κ2) is 6.53. The summed E-state index contributed by atoms with van der Waals surface area (Å²) >= 11 is 0. The Balaban J connectivity index is 1.80. The third-order valence-electron chi connectivity index (χ3n) is 4.01. The van der Waals surface area contributed by atoms with E-state index in [9.17, 15) is 4.79 Å². The number of furan rings is 1. The van der Waals surface area contributed by atoms with Crippen molar-refractivity contribution in [1.29, 1.82) is 0 Å². The maximum atomic E-state index is 12.8. The molecule has 1 fully saturated rings. The zero-order valence-electron chi connectivity index (χ0n) is 13.2. The first-order valence-electron chi connectivity index (χ1n) is 7.99. The Morgan fingerprint density at radius 1 is 1.36 bits per heavy atom. The zero-order valence-corrected chi connectivity index (χ0v) is 13.2. The van der Waals surface area contributed by atoms with E-state index >= 15 is 0 Å². The van der Waals surface area contributed by atoms with Gasteiger partial charge in [-0.25, -0.2) is 0 Å². The summed E-state index contributed by atoms with van der Waals surface area (Å²) in [5.41, 5.74) is 0.763. The van der Waals surface area contributed by atoms with Gasteiger partial charge in [-0.15, -0.1) is 0 Å². The Hall–Kier alpha value is -1.81. The molecule has 0 saturated carbocycles. The maximum absolute atomic E-state index is 12.8. The fourth-order valence-electron chi connectivity index (χ4n) is 2.96. The van der Waals surface area contributed by atoms with Crippen molar-refractivity contribution >= 4 is 16.9 Å². The molecule has 118 valence electrons. The van der Waals surface area contributed by atoms with Crippen LogP contribution in [0.5, 0.6) is 0 Å². The number of ether oxygens (including phenoxy) is 1. The molecular formula is C18H23NO3. The summed E-state index contributed by atoms with van der Waals surface area (Å²) in [7, 11) is 0. The number of para-hydroxylation sites is 1. The van der Waals surface area contributed by atoms with E-state index in [-0.39, 0.29) is 5.91 Å². The fourth-order valence-corrected chi connectivity index (χ4v) is 2.96. The minimum Gasteiger partial charge on any atom is -0.451 e. The van der Waals surface area contributed by atoms with Crippen molar-refractivity contribution in [3.8, 4) is 0 Å². The molecule has 1 saturated heterocycles. The van der Waals surface area contributed by atoms with E-state index < -0.39 is 0 Å². The lowest BCUT2D eigenvalue weighted by Crippen LogP contribution is -2.38. The molecule has 3 rings (SSSR count). The van der Waals surface area contributed by atoms with Crippen molar-refractivity contribution in [2.75, 3.05) is 26.3 Å². The molecular weight excluding hydrogens is 278 g/mol. The quantitative estimate of drug-likeness (QED) is 0.848. The first kappa shape index (κ1) is 15.1. The highest BCUT2D eigenvalue weighted by molar-refractivity contribution is 5.96. The lowest BCUT2D eigenvalue weighted by molar-refractivity contribution is 0.0669. The highest BCUT2D eigenvalue weighted by Crippen LogP contribution is 2.22. The van der Waals surface area contributed by atoms with E-state index in [1.54, 1.807) is 0 Å². The van der Waals surface area contributed by atoms with Gasteiger partial charge >= 0.3 is 0 Å². The molecule has 2 aromatic rings. The van der Waals surface area contributed by atoms with Crippen molar-refractivity contribution in [2.24, 2.45) is 11.8 Å². The number of carbonyl (C=O) groups is 1. The van der Waals surface area contributed by atoms with Crippen molar-refractivity contribution in [2.45, 2.75) is 20.3 Å². The predicted molar refractivity (Wildman–Crippen MR) is 85.9 cm³/mol. The Morgan fingerprint density at radius 3 is 2.86 bits per heavy atom. The number of fused-ring (bicyclic) bond motifs is 1. The standard InChI is InChI=1S/C18H23NO3/c1-13(2)10-19(11-14-7-8-21-12-14)18(20)17-9-15-5-3-4-6-16(15)22-17/h3-6,9,13-14H,7-8,10-12H2,1-2H3/t14-/m1/s1. The van der Waals surface area contributed by atoms with Gasteiger partial charge in [0.05, 0.1) is 6.61 Å². The Morgan fingerprint density at radius 2 is 2.18 bits per heavy atom. The molecule has 4 nitrogen and oxygen atoms in total. The Bertz CT molecular complexity index is 608. The predicted octanol–water partition coefficient (Wildman–Crippen LogP) is 3.57. The van der Waals surface area contributed by atoms with Gasteiger partial charge in [-0.3, -0.25) is 4.79 Å². The van der Waals surface area contributed by atoms with Gasteiger partial charge in [-0.05, 0) is 24.5 Å². The van der Waals surface area contributed by atoms with Gasteiger partial charge in [-0.1, -0.05) is 32.0 Å². The molecule has 0 bridgehead atoms. The molecule has 1 aromatic carbocycles. The molecule has 0 N–H and O–H groups in total. The van der Waals surface area contributed by atoms with Gasteiger partial charge in [0.15, 0.2) is 5.76 Å². The number of nitrogens with zero attached hydrogens (tertiary/aromatic N) is 1. The Labute approximate surface area is 131 Å². The van der Waals surface area contributed by atoms with Crippen LogP contribution in [-0.4, -0.2) is 37.1 Å². The molecule has 22 heavy (non-hydrogen) atoms. The lowest BCUT2D eigenvalue weighted by atomic mass is 10.1. The van der Waals surface area contributed by atoms with Gasteiger partial charge in [-0.2, -0.15) is 0 Å². The van der Waals surface area contributed by atoms with Crippen LogP contribution in [0, 0.1) is 11.8 Å². The van der Waals surface area contributed by atoms with Gasteiger partial charge in [0.25, 0.3) is 5.91 Å². The van der Waals surface area contributed by atoms with Crippen molar-refractivity contribution in [3.05, 3.63) is 36.1 Å². The van der Waals surface area contributed by atoms with Gasteiger partial charge < -0.3 is 14.1 Å². The van der Waals surface area contributed by atoms with Crippen LogP contribution in [0.2, 0.25) is 0 Å². The first-order valence-corrected chi connectivity index (χ1v) is 7.99. The number of hydrogen-bond donors (Lipinski definition) is 0.